The van der Waals surface area contributed by atoms with Gasteiger partial charge in [0.25, 0.3) is 0 Å². The van der Waals surface area contributed by atoms with E-state index in [9.17, 15) is 0 Å². The fourth-order valence-corrected chi connectivity index (χ4v) is 2.36. The topological polar surface area (TPSA) is 31.9 Å². The van der Waals surface area contributed by atoms with E-state index in [-0.39, 0.29) is 0 Å². The molecule has 0 saturated carbocycles. The first-order chi connectivity index (χ1) is 7.07. The Kier molecular flexibility index (Phi) is 2.83. The van der Waals surface area contributed by atoms with Crippen LogP contribution in [0, 0.1) is 0 Å². The van der Waals surface area contributed by atoms with Gasteiger partial charge in [0.2, 0.25) is 0 Å². The molecule has 0 aromatic carbocycles. The van der Waals surface area contributed by atoms with Crippen molar-refractivity contribution >= 4 is 0 Å². The van der Waals surface area contributed by atoms with E-state index in [1.54, 1.807) is 0 Å². The van der Waals surface area contributed by atoms with Gasteiger partial charge in [-0.1, -0.05) is 0 Å². The van der Waals surface area contributed by atoms with Crippen LogP contribution in [0.3, 0.4) is 0 Å². The Morgan fingerprint density at radius 2 is 2.00 bits per heavy atom. The molecular formula is C12H21N3. The largest absolute Gasteiger partial charge is 0.298 e. The van der Waals surface area contributed by atoms with Gasteiger partial charge in [-0.25, -0.2) is 0 Å². The lowest BCUT2D eigenvalue weighted by molar-refractivity contribution is 0.101. The highest BCUT2D eigenvalue weighted by molar-refractivity contribution is 5.07. The molecule has 1 fully saturated rings. The zero-order valence-electron chi connectivity index (χ0n) is 9.95. The number of H-pyrrole nitrogens is 1. The minimum atomic E-state index is 0.318. The number of hydrogen-bond acceptors (Lipinski definition) is 2. The van der Waals surface area contributed by atoms with Crippen LogP contribution in [0.4, 0.5) is 0 Å². The van der Waals surface area contributed by atoms with Crippen LogP contribution in [0.2, 0.25) is 0 Å². The van der Waals surface area contributed by atoms with Gasteiger partial charge >= 0.3 is 0 Å². The maximum absolute atomic E-state index is 4.03. The normalized spacial score (nSPS) is 20.7. The zero-order chi connectivity index (χ0) is 10.9. The summed E-state index contributed by atoms with van der Waals surface area (Å²) >= 11 is 0. The van der Waals surface area contributed by atoms with Crippen molar-refractivity contribution in [2.75, 3.05) is 13.1 Å². The van der Waals surface area contributed by atoms with Crippen molar-refractivity contribution in [1.82, 2.24) is 15.1 Å². The van der Waals surface area contributed by atoms with Gasteiger partial charge in [-0.15, -0.1) is 0 Å². The monoisotopic (exact) mass is 207 g/mol. The van der Waals surface area contributed by atoms with Crippen molar-refractivity contribution < 1.29 is 0 Å². The molecule has 1 saturated heterocycles. The lowest BCUT2D eigenvalue weighted by atomic mass is 9.91. The van der Waals surface area contributed by atoms with Crippen LogP contribution in [-0.2, 0) is 0 Å². The SMILES string of the molecule is CC(C)(C)N1CCC(c2ccn[nH]2)CC1. The lowest BCUT2D eigenvalue weighted by Crippen LogP contribution is -2.45. The summed E-state index contributed by atoms with van der Waals surface area (Å²) < 4.78 is 0. The summed E-state index contributed by atoms with van der Waals surface area (Å²) in [6.07, 6.45) is 4.35. The molecule has 15 heavy (non-hydrogen) atoms. The van der Waals surface area contributed by atoms with Crippen molar-refractivity contribution in [3.05, 3.63) is 18.0 Å². The lowest BCUT2D eigenvalue weighted by Gasteiger charge is -2.40. The summed E-state index contributed by atoms with van der Waals surface area (Å²) in [4.78, 5) is 2.57. The molecular weight excluding hydrogens is 186 g/mol. The molecule has 0 atom stereocenters. The molecule has 1 N–H and O–H groups in total. The van der Waals surface area contributed by atoms with Crippen LogP contribution in [0.15, 0.2) is 12.3 Å². The fraction of sp³-hybridized carbons (Fsp3) is 0.750. The van der Waals surface area contributed by atoms with E-state index in [0.717, 1.165) is 0 Å². The molecule has 2 rings (SSSR count). The average Bonchev–Trinajstić information content (AvgIpc) is 2.69. The van der Waals surface area contributed by atoms with E-state index < -0.39 is 0 Å². The van der Waals surface area contributed by atoms with Gasteiger partial charge in [-0.05, 0) is 52.8 Å². The third-order valence-electron chi connectivity index (χ3n) is 3.41. The Hall–Kier alpha value is -0.830. The molecule has 0 amide bonds. The standard InChI is InChI=1S/C12H21N3/c1-12(2,3)15-8-5-10(6-9-15)11-4-7-13-14-11/h4,7,10H,5-6,8-9H2,1-3H3,(H,13,14). The number of nitrogens with one attached hydrogen (secondary N) is 1. The number of likely N-dealkylation sites (tertiary alicyclic amines) is 1. The van der Waals surface area contributed by atoms with Crippen LogP contribution >= 0.6 is 0 Å². The Balaban J connectivity index is 1.93. The van der Waals surface area contributed by atoms with Crippen LogP contribution in [0.5, 0.6) is 0 Å². The summed E-state index contributed by atoms with van der Waals surface area (Å²) in [5.41, 5.74) is 1.63. The van der Waals surface area contributed by atoms with Gasteiger partial charge in [0.05, 0.1) is 0 Å². The summed E-state index contributed by atoms with van der Waals surface area (Å²) in [6.45, 7) is 9.29. The number of aromatic amines is 1. The van der Waals surface area contributed by atoms with Crippen molar-refractivity contribution in [2.45, 2.75) is 45.1 Å². The molecule has 1 aromatic heterocycles. The Labute approximate surface area is 91.9 Å². The van der Waals surface area contributed by atoms with Crippen molar-refractivity contribution in [2.24, 2.45) is 0 Å². The number of aromatic nitrogens is 2. The van der Waals surface area contributed by atoms with Gasteiger partial charge in [0, 0.05) is 23.3 Å². The highest BCUT2D eigenvalue weighted by atomic mass is 15.2. The minimum absolute atomic E-state index is 0.318. The third-order valence-corrected chi connectivity index (χ3v) is 3.41. The smallest absolute Gasteiger partial charge is 0.0490 e. The molecule has 1 aliphatic rings. The predicted octanol–water partition coefficient (Wildman–Crippen LogP) is 2.39. The molecule has 84 valence electrons. The highest BCUT2D eigenvalue weighted by Crippen LogP contribution is 2.29. The molecule has 0 spiro atoms. The first-order valence-electron chi connectivity index (χ1n) is 5.82. The maximum Gasteiger partial charge on any atom is 0.0490 e. The van der Waals surface area contributed by atoms with Crippen molar-refractivity contribution in [1.29, 1.82) is 0 Å². The van der Waals surface area contributed by atoms with E-state index in [2.05, 4.69) is 41.9 Å². The van der Waals surface area contributed by atoms with Crippen LogP contribution in [0.25, 0.3) is 0 Å². The molecule has 1 aromatic rings. The quantitative estimate of drug-likeness (QED) is 0.766. The second-order valence-electron chi connectivity index (χ2n) is 5.44. The Morgan fingerprint density at radius 3 is 2.47 bits per heavy atom. The number of nitrogens with zero attached hydrogens (tertiary/aromatic N) is 2. The minimum Gasteiger partial charge on any atom is -0.298 e. The Bertz CT molecular complexity index is 289. The fourth-order valence-electron chi connectivity index (χ4n) is 2.36. The summed E-state index contributed by atoms with van der Waals surface area (Å²) in [7, 11) is 0. The van der Waals surface area contributed by atoms with E-state index in [1.807, 2.05) is 6.20 Å². The van der Waals surface area contributed by atoms with Crippen LogP contribution in [-0.4, -0.2) is 33.7 Å². The molecule has 0 radical (unpaired) electrons. The first-order valence-corrected chi connectivity index (χ1v) is 5.82. The van der Waals surface area contributed by atoms with Gasteiger partial charge in [0.15, 0.2) is 0 Å². The van der Waals surface area contributed by atoms with E-state index in [4.69, 9.17) is 0 Å². The summed E-state index contributed by atoms with van der Waals surface area (Å²) in [6, 6.07) is 2.11. The number of hydrogen-bond donors (Lipinski definition) is 1. The molecule has 3 nitrogen and oxygen atoms in total. The summed E-state index contributed by atoms with van der Waals surface area (Å²) in [5.74, 6) is 0.686. The highest BCUT2D eigenvalue weighted by Gasteiger charge is 2.27. The molecule has 0 unspecified atom stereocenters. The summed E-state index contributed by atoms with van der Waals surface area (Å²) in [5, 5.41) is 7.12. The Morgan fingerprint density at radius 1 is 1.33 bits per heavy atom. The van der Waals surface area contributed by atoms with Gasteiger partial charge < -0.3 is 0 Å². The molecule has 1 aliphatic heterocycles. The van der Waals surface area contributed by atoms with Gasteiger partial charge in [-0.2, -0.15) is 5.10 Å². The number of rotatable bonds is 1. The molecule has 0 aliphatic carbocycles. The van der Waals surface area contributed by atoms with E-state index in [1.165, 1.54) is 31.6 Å². The van der Waals surface area contributed by atoms with Crippen LogP contribution in [0.1, 0.15) is 45.2 Å². The zero-order valence-corrected chi connectivity index (χ0v) is 9.95. The predicted molar refractivity (Wildman–Crippen MR) is 61.9 cm³/mol. The van der Waals surface area contributed by atoms with Gasteiger partial charge in [-0.3, -0.25) is 10.00 Å². The van der Waals surface area contributed by atoms with Gasteiger partial charge in [0.1, 0.15) is 0 Å². The molecule has 2 heterocycles. The van der Waals surface area contributed by atoms with Crippen molar-refractivity contribution in [3.63, 3.8) is 0 Å². The average molecular weight is 207 g/mol. The maximum atomic E-state index is 4.03. The number of piperidine rings is 1. The van der Waals surface area contributed by atoms with E-state index in [0.29, 0.717) is 11.5 Å². The van der Waals surface area contributed by atoms with Crippen molar-refractivity contribution in [3.8, 4) is 0 Å². The first kappa shape index (κ1) is 10.7. The third kappa shape index (κ3) is 2.40. The van der Waals surface area contributed by atoms with E-state index >= 15 is 0 Å². The van der Waals surface area contributed by atoms with Crippen LogP contribution < -0.4 is 0 Å². The second kappa shape index (κ2) is 3.97. The molecule has 0 bridgehead atoms. The molecule has 3 heteroatoms. The second-order valence-corrected chi connectivity index (χ2v) is 5.44.